The number of aliphatic hydroxyl groups is 1. The van der Waals surface area contributed by atoms with E-state index in [9.17, 15) is 14.7 Å². The molecule has 1 saturated carbocycles. The molecule has 2 aliphatic heterocycles. The molecular formula is C14H19BrClNO6. The molecule has 23 heavy (non-hydrogen) atoms. The van der Waals surface area contributed by atoms with E-state index in [4.69, 9.17) is 25.8 Å². The Balaban J connectivity index is 1.75. The Morgan fingerprint density at radius 2 is 2.13 bits per heavy atom. The first-order valence-corrected chi connectivity index (χ1v) is 8.90. The molecular weight excluding hydrogens is 394 g/mol. The van der Waals surface area contributed by atoms with E-state index in [2.05, 4.69) is 15.9 Å². The fraction of sp³-hybridized carbons (Fsp3) is 0.857. The number of halogens is 2. The van der Waals surface area contributed by atoms with Crippen LogP contribution in [0.5, 0.6) is 0 Å². The van der Waals surface area contributed by atoms with Gasteiger partial charge in [0.1, 0.15) is 28.8 Å². The van der Waals surface area contributed by atoms with Crippen LogP contribution in [0.25, 0.3) is 0 Å². The number of nitrogens with one attached hydrogen (secondary N) is 1. The van der Waals surface area contributed by atoms with Gasteiger partial charge in [0.25, 0.3) is 0 Å². The van der Waals surface area contributed by atoms with Gasteiger partial charge in [0.2, 0.25) is 5.91 Å². The molecule has 0 radical (unpaired) electrons. The zero-order valence-corrected chi connectivity index (χ0v) is 15.1. The highest BCUT2D eigenvalue weighted by Crippen LogP contribution is 2.62. The number of imide groups is 1. The maximum absolute atomic E-state index is 11.8. The van der Waals surface area contributed by atoms with Crippen molar-refractivity contribution in [2.24, 2.45) is 0 Å². The molecule has 9 heteroatoms. The molecule has 0 bridgehead atoms. The number of ether oxygens (including phenoxy) is 3. The molecule has 2 heterocycles. The fourth-order valence-electron chi connectivity index (χ4n) is 3.58. The van der Waals surface area contributed by atoms with Gasteiger partial charge < -0.3 is 19.3 Å². The third kappa shape index (κ3) is 2.50. The summed E-state index contributed by atoms with van der Waals surface area (Å²) in [6.45, 7) is 4.15. The Hall–Kier alpha value is -0.410. The van der Waals surface area contributed by atoms with E-state index in [1.165, 1.54) is 0 Å². The van der Waals surface area contributed by atoms with E-state index in [1.807, 2.05) is 19.2 Å². The highest BCUT2D eigenvalue weighted by molar-refractivity contribution is 9.09. The van der Waals surface area contributed by atoms with Gasteiger partial charge in [-0.1, -0.05) is 15.9 Å². The van der Waals surface area contributed by atoms with E-state index < -0.39 is 39.7 Å². The topological polar surface area (TPSA) is 101 Å². The fourth-order valence-corrected chi connectivity index (χ4v) is 4.89. The first-order valence-electron chi connectivity index (χ1n) is 7.45. The van der Waals surface area contributed by atoms with Gasteiger partial charge in [0.15, 0.2) is 0 Å². The minimum atomic E-state index is -1.33. The summed E-state index contributed by atoms with van der Waals surface area (Å²) in [5.74, 6) is -0.969. The van der Waals surface area contributed by atoms with Gasteiger partial charge in [-0.25, -0.2) is 4.79 Å². The number of amides is 2. The van der Waals surface area contributed by atoms with Crippen LogP contribution < -0.4 is 5.32 Å². The van der Waals surface area contributed by atoms with Crippen molar-refractivity contribution < 1.29 is 28.9 Å². The van der Waals surface area contributed by atoms with E-state index in [0.717, 1.165) is 0 Å². The summed E-state index contributed by atoms with van der Waals surface area (Å²) in [6.07, 6.45) is -0.579. The summed E-state index contributed by atoms with van der Waals surface area (Å²) in [4.78, 5) is 22.3. The van der Waals surface area contributed by atoms with Crippen LogP contribution in [-0.4, -0.2) is 63.4 Å². The van der Waals surface area contributed by atoms with Gasteiger partial charge in [0, 0.05) is 0 Å². The largest absolute Gasteiger partial charge is 0.445 e. The van der Waals surface area contributed by atoms with Crippen LogP contribution in [0.3, 0.4) is 0 Å². The minimum Gasteiger partial charge on any atom is -0.445 e. The lowest BCUT2D eigenvalue weighted by Gasteiger charge is -2.47. The van der Waals surface area contributed by atoms with E-state index in [0.29, 0.717) is 19.4 Å². The number of alkyl carbamates (subject to hydrolysis) is 1. The molecule has 1 spiro atoms. The van der Waals surface area contributed by atoms with Crippen molar-refractivity contribution in [3.63, 3.8) is 0 Å². The lowest BCUT2D eigenvalue weighted by Crippen LogP contribution is -2.68. The zero-order chi connectivity index (χ0) is 17.0. The van der Waals surface area contributed by atoms with Crippen LogP contribution in [0, 0.1) is 0 Å². The van der Waals surface area contributed by atoms with Crippen molar-refractivity contribution in [1.29, 1.82) is 0 Å². The molecule has 1 aliphatic carbocycles. The number of rotatable bonds is 3. The second-order valence-electron chi connectivity index (χ2n) is 6.48. The summed E-state index contributed by atoms with van der Waals surface area (Å²) in [6, 6.07) is 0. The molecule has 130 valence electrons. The number of epoxide rings is 2. The molecule has 3 fully saturated rings. The predicted octanol–water partition coefficient (Wildman–Crippen LogP) is 1.08. The highest BCUT2D eigenvalue weighted by atomic mass is 79.9. The first-order chi connectivity index (χ1) is 10.7. The Bertz CT molecular complexity index is 539. The maximum atomic E-state index is 11.8. The molecule has 2 N–H and O–H groups in total. The molecule has 0 aromatic carbocycles. The zero-order valence-electron chi connectivity index (χ0n) is 12.8. The van der Waals surface area contributed by atoms with Gasteiger partial charge in [-0.2, -0.15) is 0 Å². The smallest absolute Gasteiger partial charge is 0.414 e. The number of carbonyl (C=O) groups is 2. The molecule has 6 atom stereocenters. The monoisotopic (exact) mass is 411 g/mol. The van der Waals surface area contributed by atoms with Crippen LogP contribution in [-0.2, 0) is 19.0 Å². The van der Waals surface area contributed by atoms with E-state index in [-0.39, 0.29) is 12.0 Å². The van der Waals surface area contributed by atoms with Crippen molar-refractivity contribution in [2.45, 2.75) is 60.5 Å². The summed E-state index contributed by atoms with van der Waals surface area (Å²) in [5, 5.41) is 13.4. The van der Waals surface area contributed by atoms with E-state index in [1.54, 1.807) is 0 Å². The summed E-state index contributed by atoms with van der Waals surface area (Å²) >= 11 is 8.82. The normalized spacial score (nSPS) is 48.0. The highest BCUT2D eigenvalue weighted by Gasteiger charge is 2.80. The van der Waals surface area contributed by atoms with E-state index >= 15 is 0 Å². The minimum absolute atomic E-state index is 0.126. The summed E-state index contributed by atoms with van der Waals surface area (Å²) < 4.78 is 16.5. The van der Waals surface area contributed by atoms with Crippen molar-refractivity contribution in [3.05, 3.63) is 0 Å². The van der Waals surface area contributed by atoms with Crippen LogP contribution in [0.15, 0.2) is 0 Å². The molecule has 0 aromatic heterocycles. The molecule has 2 amide bonds. The molecule has 2 saturated heterocycles. The van der Waals surface area contributed by atoms with Crippen molar-refractivity contribution in [2.75, 3.05) is 12.5 Å². The Labute approximate surface area is 147 Å². The molecule has 3 aliphatic rings. The second kappa shape index (κ2) is 5.56. The Kier molecular flexibility index (Phi) is 4.21. The summed E-state index contributed by atoms with van der Waals surface area (Å²) in [5.41, 5.74) is -2.79. The molecule has 7 nitrogen and oxygen atoms in total. The van der Waals surface area contributed by atoms with Gasteiger partial charge in [-0.15, -0.1) is 11.6 Å². The Morgan fingerprint density at radius 1 is 1.52 bits per heavy atom. The second-order valence-corrected chi connectivity index (χ2v) is 7.74. The van der Waals surface area contributed by atoms with Crippen LogP contribution in [0.1, 0.15) is 26.7 Å². The molecule has 3 rings (SSSR count). The van der Waals surface area contributed by atoms with Gasteiger partial charge in [0.05, 0.1) is 17.5 Å². The number of alkyl halides is 2. The average Bonchev–Trinajstić information content (AvgIpc) is 3.39. The first kappa shape index (κ1) is 17.4. The average molecular weight is 413 g/mol. The summed E-state index contributed by atoms with van der Waals surface area (Å²) in [7, 11) is 0. The number of carbonyl (C=O) groups excluding carboxylic acids is 2. The Morgan fingerprint density at radius 3 is 2.61 bits per heavy atom. The van der Waals surface area contributed by atoms with Crippen LogP contribution >= 0.6 is 27.5 Å². The maximum Gasteiger partial charge on any atom is 0.414 e. The molecule has 0 aromatic rings. The third-order valence-electron chi connectivity index (χ3n) is 5.26. The predicted molar refractivity (Wildman–Crippen MR) is 83.7 cm³/mol. The van der Waals surface area contributed by atoms with Crippen molar-refractivity contribution in [3.8, 4) is 0 Å². The SMILES string of the molecule is CC1OC1(C)[C@@]1(O)[C@H](Br)[C@H](OC(=O)NC(=O)CCl)CC[C@]12CO2. The molecule has 2 unspecified atom stereocenters. The third-order valence-corrected chi connectivity index (χ3v) is 6.76. The quantitative estimate of drug-likeness (QED) is 0.531. The number of hydrogen-bond donors (Lipinski definition) is 2. The standard InChI is InChI=1S/C14H19BrClNO6/c1-7-12(2,23-7)14(20)10(15)8(3-4-13(14)6-21-13)22-11(19)17-9(18)5-16/h7-8,10,20H,3-6H2,1-2H3,(H,17,18,19)/t7?,8-,10-,12?,13+,14+/m1/s1. The lowest BCUT2D eigenvalue weighted by atomic mass is 9.66. The van der Waals surface area contributed by atoms with Gasteiger partial charge in [-0.3, -0.25) is 10.1 Å². The van der Waals surface area contributed by atoms with Crippen molar-refractivity contribution >= 4 is 39.5 Å². The van der Waals surface area contributed by atoms with Crippen LogP contribution in [0.2, 0.25) is 0 Å². The van der Waals surface area contributed by atoms with Gasteiger partial charge >= 0.3 is 6.09 Å². The number of hydrogen-bond acceptors (Lipinski definition) is 6. The van der Waals surface area contributed by atoms with Gasteiger partial charge in [-0.05, 0) is 26.7 Å². The van der Waals surface area contributed by atoms with Crippen molar-refractivity contribution in [1.82, 2.24) is 5.32 Å². The van der Waals surface area contributed by atoms with Crippen LogP contribution in [0.4, 0.5) is 4.79 Å². The lowest BCUT2D eigenvalue weighted by molar-refractivity contribution is -0.134.